The van der Waals surface area contributed by atoms with Crippen LogP contribution in [-0.2, 0) is 10.9 Å². The second-order valence-corrected chi connectivity index (χ2v) is 7.21. The third kappa shape index (κ3) is 3.87. The van der Waals surface area contributed by atoms with Crippen LogP contribution in [0, 0.1) is 17.8 Å². The highest BCUT2D eigenvalue weighted by molar-refractivity contribution is 5.44. The average Bonchev–Trinajstić information content (AvgIpc) is 3.37. The molecule has 2 heterocycles. The van der Waals surface area contributed by atoms with Crippen LogP contribution in [0.4, 0.5) is 13.2 Å². The van der Waals surface area contributed by atoms with Crippen molar-refractivity contribution in [3.8, 4) is 11.5 Å². The Hall–Kier alpha value is -1.47. The van der Waals surface area contributed by atoms with Crippen LogP contribution in [-0.4, -0.2) is 39.0 Å². The quantitative estimate of drug-likeness (QED) is 0.879. The number of halogens is 3. The first-order valence-electron chi connectivity index (χ1n) is 8.80. The molecule has 7 heteroatoms. The smallest absolute Gasteiger partial charge is 0.416 e. The zero-order chi connectivity index (χ0) is 17.4. The Morgan fingerprint density at radius 1 is 1.08 bits per heavy atom. The molecule has 0 amide bonds. The van der Waals surface area contributed by atoms with Crippen LogP contribution in [0.15, 0.2) is 18.2 Å². The van der Waals surface area contributed by atoms with Crippen molar-refractivity contribution in [2.24, 2.45) is 17.8 Å². The summed E-state index contributed by atoms with van der Waals surface area (Å²) in [7, 11) is 0. The van der Waals surface area contributed by atoms with E-state index in [1.807, 2.05) is 0 Å². The van der Waals surface area contributed by atoms with Crippen molar-refractivity contribution >= 4 is 0 Å². The lowest BCUT2D eigenvalue weighted by atomic mass is 9.86. The van der Waals surface area contributed by atoms with Gasteiger partial charge in [0.05, 0.1) is 25.4 Å². The topological polar surface area (TPSA) is 39.7 Å². The van der Waals surface area contributed by atoms with E-state index >= 15 is 0 Å². The summed E-state index contributed by atoms with van der Waals surface area (Å²) in [6, 6.07) is 3.52. The predicted octanol–water partition coefficient (Wildman–Crippen LogP) is 3.11. The highest BCUT2D eigenvalue weighted by atomic mass is 19.4. The summed E-state index contributed by atoms with van der Waals surface area (Å²) < 4.78 is 56.5. The lowest BCUT2D eigenvalue weighted by Gasteiger charge is -2.42. The number of hydrogen-bond donors (Lipinski definition) is 1. The summed E-state index contributed by atoms with van der Waals surface area (Å²) in [5.74, 6) is 1.45. The molecule has 0 aromatic heterocycles. The third-order valence-electron chi connectivity index (χ3n) is 5.11. The van der Waals surface area contributed by atoms with E-state index in [9.17, 15) is 13.2 Å². The van der Waals surface area contributed by atoms with Gasteiger partial charge in [-0.1, -0.05) is 0 Å². The van der Waals surface area contributed by atoms with E-state index in [1.54, 1.807) is 0 Å². The number of rotatable bonds is 5. The fourth-order valence-corrected chi connectivity index (χ4v) is 3.48. The van der Waals surface area contributed by atoms with Crippen molar-refractivity contribution in [3.63, 3.8) is 0 Å². The molecule has 0 spiro atoms. The molecule has 4 nitrogen and oxygen atoms in total. The summed E-state index contributed by atoms with van der Waals surface area (Å²) in [5.41, 5.74) is -0.709. The number of ether oxygens (including phenoxy) is 3. The van der Waals surface area contributed by atoms with E-state index in [-0.39, 0.29) is 23.7 Å². The van der Waals surface area contributed by atoms with E-state index in [0.29, 0.717) is 31.5 Å². The minimum absolute atomic E-state index is 0.0602. The summed E-state index contributed by atoms with van der Waals surface area (Å²) in [5, 5.41) is 3.35. The average molecular weight is 357 g/mol. The van der Waals surface area contributed by atoms with Gasteiger partial charge in [0.25, 0.3) is 0 Å². The Morgan fingerprint density at radius 3 is 2.44 bits per heavy atom. The maximum Gasteiger partial charge on any atom is 0.416 e. The molecule has 2 aliphatic heterocycles. The molecule has 1 aliphatic carbocycles. The summed E-state index contributed by atoms with van der Waals surface area (Å²) in [4.78, 5) is 0. The van der Waals surface area contributed by atoms with Crippen molar-refractivity contribution < 1.29 is 27.4 Å². The van der Waals surface area contributed by atoms with E-state index in [4.69, 9.17) is 14.2 Å². The minimum atomic E-state index is -4.39. The van der Waals surface area contributed by atoms with Crippen LogP contribution in [0.5, 0.6) is 11.5 Å². The van der Waals surface area contributed by atoms with Gasteiger partial charge in [0.1, 0.15) is 6.10 Å². The molecule has 2 atom stereocenters. The molecule has 25 heavy (non-hydrogen) atoms. The van der Waals surface area contributed by atoms with Crippen LogP contribution < -0.4 is 14.8 Å². The van der Waals surface area contributed by atoms with E-state index < -0.39 is 11.7 Å². The minimum Gasteiger partial charge on any atom is -0.489 e. The maximum atomic E-state index is 13.0. The van der Waals surface area contributed by atoms with Gasteiger partial charge < -0.3 is 19.5 Å². The molecule has 1 saturated carbocycles. The number of benzene rings is 1. The number of fused-ring (bicyclic) bond motifs is 2. The molecule has 0 radical (unpaired) electrons. The van der Waals surface area contributed by atoms with Crippen molar-refractivity contribution in [1.82, 2.24) is 5.32 Å². The van der Waals surface area contributed by atoms with Crippen LogP contribution in [0.2, 0.25) is 0 Å². The van der Waals surface area contributed by atoms with Crippen LogP contribution in [0.3, 0.4) is 0 Å². The molecule has 138 valence electrons. The van der Waals surface area contributed by atoms with Gasteiger partial charge in [-0.3, -0.25) is 0 Å². The zero-order valence-corrected chi connectivity index (χ0v) is 13.8. The molecular weight excluding hydrogens is 335 g/mol. The second-order valence-electron chi connectivity index (χ2n) is 7.21. The lowest BCUT2D eigenvalue weighted by molar-refractivity contribution is -0.137. The van der Waals surface area contributed by atoms with Gasteiger partial charge in [-0.2, -0.15) is 13.2 Å². The Balaban J connectivity index is 1.56. The number of piperidine rings is 1. The first kappa shape index (κ1) is 17.0. The first-order chi connectivity index (χ1) is 12.0. The highest BCUT2D eigenvalue weighted by Crippen LogP contribution is 2.40. The van der Waals surface area contributed by atoms with Gasteiger partial charge in [0, 0.05) is 24.9 Å². The van der Waals surface area contributed by atoms with Crippen molar-refractivity contribution in [2.75, 3.05) is 32.9 Å². The molecule has 1 N–H and O–H groups in total. The first-order valence-corrected chi connectivity index (χ1v) is 8.80. The Morgan fingerprint density at radius 2 is 1.80 bits per heavy atom. The summed E-state index contributed by atoms with van der Waals surface area (Å²) in [6.07, 6.45) is -2.31. The third-order valence-corrected chi connectivity index (χ3v) is 5.11. The van der Waals surface area contributed by atoms with Gasteiger partial charge in [0.2, 0.25) is 0 Å². The van der Waals surface area contributed by atoms with Gasteiger partial charge in [-0.05, 0) is 37.0 Å². The van der Waals surface area contributed by atoms with E-state index in [1.165, 1.54) is 6.07 Å². The van der Waals surface area contributed by atoms with Crippen LogP contribution in [0.25, 0.3) is 0 Å². The molecule has 2 saturated heterocycles. The normalized spacial score (nSPS) is 29.3. The number of nitrogens with one attached hydrogen (secondary N) is 1. The SMILES string of the molecule is FC(F)(F)c1ccc(OC2C3CNCC2COC3)c(OCC2CC2)c1. The monoisotopic (exact) mass is 357 g/mol. The number of hydrogen-bond acceptors (Lipinski definition) is 4. The zero-order valence-electron chi connectivity index (χ0n) is 13.8. The van der Waals surface area contributed by atoms with Crippen molar-refractivity contribution in [2.45, 2.75) is 25.1 Å². The fraction of sp³-hybridized carbons (Fsp3) is 0.667. The molecule has 1 aromatic rings. The standard InChI is InChI=1S/C18H22F3NO3/c19-18(20,21)14-3-4-15(16(5-14)24-8-11-1-2-11)25-17-12-6-22-7-13(17)10-23-9-12/h3-5,11-13,17,22H,1-2,6-10H2. The van der Waals surface area contributed by atoms with Gasteiger partial charge >= 0.3 is 6.18 Å². The Labute approximate surface area is 144 Å². The lowest BCUT2D eigenvalue weighted by Crippen LogP contribution is -2.56. The fourth-order valence-electron chi connectivity index (χ4n) is 3.48. The largest absolute Gasteiger partial charge is 0.489 e. The van der Waals surface area contributed by atoms with Crippen molar-refractivity contribution in [1.29, 1.82) is 0 Å². The molecule has 1 aromatic carbocycles. The van der Waals surface area contributed by atoms with E-state index in [2.05, 4.69) is 5.32 Å². The Kier molecular flexibility index (Phi) is 4.54. The molecule has 2 bridgehead atoms. The predicted molar refractivity (Wildman–Crippen MR) is 84.7 cm³/mol. The molecule has 3 aliphatic rings. The molecular formula is C18H22F3NO3. The van der Waals surface area contributed by atoms with Gasteiger partial charge in [-0.15, -0.1) is 0 Å². The maximum absolute atomic E-state index is 13.0. The van der Waals surface area contributed by atoms with Gasteiger partial charge in [0.15, 0.2) is 11.5 Å². The van der Waals surface area contributed by atoms with Crippen LogP contribution in [0.1, 0.15) is 18.4 Å². The summed E-state index contributed by atoms with van der Waals surface area (Å²) in [6.45, 7) is 3.24. The molecule has 4 rings (SSSR count). The van der Waals surface area contributed by atoms with E-state index in [0.717, 1.165) is 38.1 Å². The molecule has 3 fully saturated rings. The second kappa shape index (κ2) is 6.68. The molecule has 2 unspecified atom stereocenters. The van der Waals surface area contributed by atoms with Crippen molar-refractivity contribution in [3.05, 3.63) is 23.8 Å². The van der Waals surface area contributed by atoms with Crippen LogP contribution >= 0.6 is 0 Å². The number of alkyl halides is 3. The summed E-state index contributed by atoms with van der Waals surface area (Å²) >= 11 is 0. The van der Waals surface area contributed by atoms with Gasteiger partial charge in [-0.25, -0.2) is 0 Å². The highest BCUT2D eigenvalue weighted by Gasteiger charge is 2.40. The Bertz CT molecular complexity index is 596.